The minimum Gasteiger partial charge on any atom is -0.309 e. The summed E-state index contributed by atoms with van der Waals surface area (Å²) in [6.45, 7) is 9.73. The molecule has 0 fully saturated rings. The molecule has 2 nitrogen and oxygen atoms in total. The predicted octanol–water partition coefficient (Wildman–Crippen LogP) is 12.4. The van der Waals surface area contributed by atoms with E-state index in [-0.39, 0.29) is 10.8 Å². The number of hydrogen-bond acceptors (Lipinski definition) is 0. The van der Waals surface area contributed by atoms with Gasteiger partial charge in [-0.2, -0.15) is 0 Å². The summed E-state index contributed by atoms with van der Waals surface area (Å²) in [7, 11) is 0. The van der Waals surface area contributed by atoms with Crippen molar-refractivity contribution in [3.8, 4) is 22.5 Å². The summed E-state index contributed by atoms with van der Waals surface area (Å²) >= 11 is 0. The van der Waals surface area contributed by atoms with Gasteiger partial charge in [0.2, 0.25) is 0 Å². The average molecular weight is 643 g/mol. The fourth-order valence-electron chi connectivity index (χ4n) is 9.76. The Balaban J connectivity index is 1.27. The zero-order chi connectivity index (χ0) is 33.5. The third kappa shape index (κ3) is 3.49. The Morgan fingerprint density at radius 2 is 1.18 bits per heavy atom. The first-order valence-electron chi connectivity index (χ1n) is 18.1. The summed E-state index contributed by atoms with van der Waals surface area (Å²) < 4.78 is 5.17. The van der Waals surface area contributed by atoms with E-state index in [1.165, 1.54) is 93.9 Å². The van der Waals surface area contributed by atoms with Crippen LogP contribution in [0, 0.1) is 0 Å². The molecule has 2 aliphatic heterocycles. The van der Waals surface area contributed by atoms with Crippen LogP contribution in [-0.2, 0) is 10.8 Å². The van der Waals surface area contributed by atoms with Gasteiger partial charge in [-0.25, -0.2) is 0 Å². The molecule has 0 amide bonds. The second-order valence-corrected chi connectivity index (χ2v) is 15.7. The van der Waals surface area contributed by atoms with Gasteiger partial charge in [-0.3, -0.25) is 0 Å². The lowest BCUT2D eigenvalue weighted by Gasteiger charge is -2.40. The number of fused-ring (bicyclic) bond motifs is 10. The molecule has 50 heavy (non-hydrogen) atoms. The lowest BCUT2D eigenvalue weighted by Crippen LogP contribution is -2.31. The molecule has 0 spiro atoms. The Morgan fingerprint density at radius 1 is 0.500 bits per heavy atom. The molecule has 8 aromatic rings. The molecule has 1 unspecified atom stereocenters. The molecule has 0 bridgehead atoms. The van der Waals surface area contributed by atoms with Gasteiger partial charge in [-0.05, 0) is 87.8 Å². The number of aromatic nitrogens is 2. The molecule has 4 heterocycles. The molecule has 0 saturated heterocycles. The summed E-state index contributed by atoms with van der Waals surface area (Å²) in [5, 5.41) is 5.33. The van der Waals surface area contributed by atoms with E-state index in [9.17, 15) is 0 Å². The summed E-state index contributed by atoms with van der Waals surface area (Å²) in [6, 6.07) is 44.1. The Hall–Kier alpha value is -5.60. The zero-order valence-electron chi connectivity index (χ0n) is 29.0. The number of hydrogen-bond donors (Lipinski definition) is 0. The molecule has 1 atom stereocenters. The quantitative estimate of drug-likeness (QED) is 0.178. The van der Waals surface area contributed by atoms with Crippen molar-refractivity contribution in [2.75, 3.05) is 0 Å². The highest BCUT2D eigenvalue weighted by molar-refractivity contribution is 6.14. The first-order chi connectivity index (χ1) is 24.3. The standard InChI is InChI=1S/C48H38N2/c1-47(2)37-20-13-19-34-33-18-11-12-21-41(33)49(45(34)37)43-28-39-44(27-38(43)47)50-42-23-22-31(29-14-7-5-8-15-29)24-35(42)36-25-32(30-16-9-6-10-17-30)26-40(46(36)50)48(39,3)4/h5-14,16-29H,15H2,1-4H3. The van der Waals surface area contributed by atoms with Crippen LogP contribution >= 0.6 is 0 Å². The molecule has 2 heteroatoms. The van der Waals surface area contributed by atoms with E-state index in [1.807, 2.05) is 0 Å². The second kappa shape index (κ2) is 9.55. The molecule has 0 saturated carbocycles. The summed E-state index contributed by atoms with van der Waals surface area (Å²) in [4.78, 5) is 0. The Labute approximate surface area is 292 Å². The van der Waals surface area contributed by atoms with E-state index in [1.54, 1.807) is 0 Å². The molecular formula is C48H38N2. The van der Waals surface area contributed by atoms with Crippen molar-refractivity contribution >= 4 is 43.6 Å². The lowest BCUT2D eigenvalue weighted by atomic mass is 9.70. The van der Waals surface area contributed by atoms with Crippen molar-refractivity contribution in [2.45, 2.75) is 50.9 Å². The van der Waals surface area contributed by atoms with Gasteiger partial charge < -0.3 is 9.13 Å². The van der Waals surface area contributed by atoms with Crippen molar-refractivity contribution in [3.63, 3.8) is 0 Å². The third-order valence-corrected chi connectivity index (χ3v) is 12.4. The van der Waals surface area contributed by atoms with Crippen molar-refractivity contribution in [1.29, 1.82) is 0 Å². The zero-order valence-corrected chi connectivity index (χ0v) is 29.0. The van der Waals surface area contributed by atoms with Crippen LogP contribution in [0.15, 0.2) is 140 Å². The van der Waals surface area contributed by atoms with E-state index in [0.717, 1.165) is 6.42 Å². The number of benzene rings is 6. The van der Waals surface area contributed by atoms with Crippen LogP contribution in [0.1, 0.15) is 67.9 Å². The fraction of sp³-hybridized carbons (Fsp3) is 0.167. The number of nitrogens with zero attached hydrogens (tertiary/aromatic N) is 2. The smallest absolute Gasteiger partial charge is 0.0582 e. The molecule has 6 aromatic carbocycles. The van der Waals surface area contributed by atoms with E-state index >= 15 is 0 Å². The van der Waals surface area contributed by atoms with Gasteiger partial charge in [0.05, 0.1) is 33.4 Å². The second-order valence-electron chi connectivity index (χ2n) is 15.7. The van der Waals surface area contributed by atoms with Crippen LogP contribution in [-0.4, -0.2) is 9.13 Å². The summed E-state index contributed by atoms with van der Waals surface area (Å²) in [6.07, 6.45) is 10.1. The molecule has 0 radical (unpaired) electrons. The maximum atomic E-state index is 2.61. The maximum absolute atomic E-state index is 2.61. The Morgan fingerprint density at radius 3 is 1.94 bits per heavy atom. The number of allylic oxidation sites excluding steroid dienone is 4. The Bertz CT molecular complexity index is 2830. The van der Waals surface area contributed by atoms with E-state index in [2.05, 4.69) is 176 Å². The van der Waals surface area contributed by atoms with Gasteiger partial charge in [-0.1, -0.05) is 125 Å². The van der Waals surface area contributed by atoms with Gasteiger partial charge >= 0.3 is 0 Å². The molecular weight excluding hydrogens is 605 g/mol. The fourth-order valence-corrected chi connectivity index (χ4v) is 9.76. The topological polar surface area (TPSA) is 9.86 Å². The van der Waals surface area contributed by atoms with Crippen LogP contribution in [0.2, 0.25) is 0 Å². The maximum Gasteiger partial charge on any atom is 0.0582 e. The van der Waals surface area contributed by atoms with Crippen molar-refractivity contribution < 1.29 is 0 Å². The van der Waals surface area contributed by atoms with Crippen LogP contribution in [0.5, 0.6) is 0 Å². The SMILES string of the molecule is CC1(C)c2cc3c(cc2-n2c4ccccc4c4cccc1c42)C(C)(C)c1cc(-c2ccccc2)cc2c4cc(C5C=CC=CC5)ccc4n-3c12. The van der Waals surface area contributed by atoms with Gasteiger partial charge in [-0.15, -0.1) is 0 Å². The largest absolute Gasteiger partial charge is 0.309 e. The van der Waals surface area contributed by atoms with Crippen LogP contribution in [0.4, 0.5) is 0 Å². The lowest BCUT2D eigenvalue weighted by molar-refractivity contribution is 0.610. The van der Waals surface area contributed by atoms with Crippen LogP contribution in [0.3, 0.4) is 0 Å². The summed E-state index contributed by atoms with van der Waals surface area (Å²) in [5.41, 5.74) is 16.9. The van der Waals surface area contributed by atoms with Gasteiger partial charge in [0.1, 0.15) is 0 Å². The number of rotatable bonds is 2. The third-order valence-electron chi connectivity index (χ3n) is 12.4. The minimum atomic E-state index is -0.235. The van der Waals surface area contributed by atoms with E-state index < -0.39 is 0 Å². The average Bonchev–Trinajstić information content (AvgIpc) is 3.66. The molecule has 0 N–H and O–H groups in total. The monoisotopic (exact) mass is 642 g/mol. The molecule has 11 rings (SSSR count). The van der Waals surface area contributed by atoms with Crippen LogP contribution in [0.25, 0.3) is 66.1 Å². The molecule has 240 valence electrons. The highest BCUT2D eigenvalue weighted by Gasteiger charge is 2.41. The highest BCUT2D eigenvalue weighted by atomic mass is 15.0. The molecule has 1 aliphatic carbocycles. The number of para-hydroxylation sites is 2. The van der Waals surface area contributed by atoms with Gasteiger partial charge in [0.25, 0.3) is 0 Å². The van der Waals surface area contributed by atoms with Crippen molar-refractivity contribution in [1.82, 2.24) is 9.13 Å². The van der Waals surface area contributed by atoms with Crippen molar-refractivity contribution in [3.05, 3.63) is 167 Å². The predicted molar refractivity (Wildman–Crippen MR) is 210 cm³/mol. The molecule has 3 aliphatic rings. The first kappa shape index (κ1) is 28.3. The summed E-state index contributed by atoms with van der Waals surface area (Å²) in [5.74, 6) is 0.398. The highest BCUT2D eigenvalue weighted by Crippen LogP contribution is 2.54. The van der Waals surface area contributed by atoms with Gasteiger partial charge in [0.15, 0.2) is 0 Å². The van der Waals surface area contributed by atoms with E-state index in [0.29, 0.717) is 5.92 Å². The van der Waals surface area contributed by atoms with Crippen LogP contribution < -0.4 is 0 Å². The van der Waals surface area contributed by atoms with Gasteiger partial charge in [0, 0.05) is 38.3 Å². The van der Waals surface area contributed by atoms with E-state index in [4.69, 9.17) is 0 Å². The van der Waals surface area contributed by atoms with Crippen molar-refractivity contribution in [2.24, 2.45) is 0 Å². The first-order valence-corrected chi connectivity index (χ1v) is 18.1. The Kier molecular flexibility index (Phi) is 5.40. The molecule has 2 aromatic heterocycles. The normalized spacial score (nSPS) is 17.9. The minimum absolute atomic E-state index is 0.175.